The van der Waals surface area contributed by atoms with Crippen molar-refractivity contribution in [3.05, 3.63) is 23.2 Å². The van der Waals surface area contributed by atoms with E-state index in [0.717, 1.165) is 22.9 Å². The van der Waals surface area contributed by atoms with Crippen LogP contribution < -0.4 is 10.6 Å². The Morgan fingerprint density at radius 2 is 2.14 bits per heavy atom. The summed E-state index contributed by atoms with van der Waals surface area (Å²) in [5.74, 6) is 0.596. The first kappa shape index (κ1) is 9.66. The van der Waals surface area contributed by atoms with Crippen molar-refractivity contribution >= 4 is 23.0 Å². The largest absolute Gasteiger partial charge is 0.383 e. The van der Waals surface area contributed by atoms with Crippen molar-refractivity contribution in [2.24, 2.45) is 5.92 Å². The van der Waals surface area contributed by atoms with Crippen LogP contribution in [0.4, 0.5) is 11.4 Å². The second-order valence-corrected chi connectivity index (χ2v) is 4.36. The van der Waals surface area contributed by atoms with Gasteiger partial charge in [-0.05, 0) is 25.0 Å². The summed E-state index contributed by atoms with van der Waals surface area (Å²) in [5.41, 5.74) is 2.14. The van der Waals surface area contributed by atoms with E-state index < -0.39 is 0 Å². The molecule has 0 amide bonds. The van der Waals surface area contributed by atoms with Crippen molar-refractivity contribution in [1.29, 1.82) is 0 Å². The Labute approximate surface area is 89.7 Å². The molecule has 0 saturated heterocycles. The van der Waals surface area contributed by atoms with Crippen molar-refractivity contribution in [3.63, 3.8) is 0 Å². The van der Waals surface area contributed by atoms with Crippen LogP contribution in [0.3, 0.4) is 0 Å². The molecule has 2 N–H and O–H groups in total. The van der Waals surface area contributed by atoms with E-state index >= 15 is 0 Å². The van der Waals surface area contributed by atoms with Gasteiger partial charge in [-0.25, -0.2) is 0 Å². The first-order valence-electron chi connectivity index (χ1n) is 4.97. The van der Waals surface area contributed by atoms with Crippen LogP contribution in [0.15, 0.2) is 18.2 Å². The zero-order valence-electron chi connectivity index (χ0n) is 8.47. The Morgan fingerprint density at radius 1 is 1.36 bits per heavy atom. The summed E-state index contributed by atoms with van der Waals surface area (Å²) in [6, 6.07) is 6.39. The van der Waals surface area contributed by atoms with Gasteiger partial charge in [0, 0.05) is 12.6 Å². The quantitative estimate of drug-likeness (QED) is 0.687. The smallest absolute Gasteiger partial charge is 0.0767 e. The van der Waals surface area contributed by atoms with Gasteiger partial charge in [-0.3, -0.25) is 0 Å². The summed E-state index contributed by atoms with van der Waals surface area (Å²) in [6.07, 6.45) is 0. The summed E-state index contributed by atoms with van der Waals surface area (Å²) < 4.78 is 0. The fourth-order valence-corrected chi connectivity index (χ4v) is 1.86. The summed E-state index contributed by atoms with van der Waals surface area (Å²) in [4.78, 5) is 0. The van der Waals surface area contributed by atoms with Crippen LogP contribution in [0.5, 0.6) is 0 Å². The fourth-order valence-electron chi connectivity index (χ4n) is 1.64. The SMILES string of the molecule is CC1CNc2cccc(Cl)c2NC1C. The minimum Gasteiger partial charge on any atom is -0.383 e. The number of rotatable bonds is 0. The number of hydrogen-bond acceptors (Lipinski definition) is 2. The average Bonchev–Trinajstić information content (AvgIpc) is 2.30. The Morgan fingerprint density at radius 3 is 2.93 bits per heavy atom. The molecular weight excluding hydrogens is 196 g/mol. The molecule has 0 bridgehead atoms. The maximum atomic E-state index is 6.13. The lowest BCUT2D eigenvalue weighted by Gasteiger charge is -2.18. The molecule has 2 rings (SSSR count). The average molecular weight is 211 g/mol. The molecule has 0 spiro atoms. The van der Waals surface area contributed by atoms with E-state index in [0.29, 0.717) is 12.0 Å². The number of anilines is 2. The van der Waals surface area contributed by atoms with E-state index in [9.17, 15) is 0 Å². The third kappa shape index (κ3) is 1.67. The lowest BCUT2D eigenvalue weighted by atomic mass is 10.0. The topological polar surface area (TPSA) is 24.1 Å². The van der Waals surface area contributed by atoms with Gasteiger partial charge in [0.1, 0.15) is 0 Å². The highest BCUT2D eigenvalue weighted by atomic mass is 35.5. The molecule has 1 aromatic carbocycles. The van der Waals surface area contributed by atoms with Crippen LogP contribution in [0.2, 0.25) is 5.02 Å². The molecule has 2 atom stereocenters. The number of hydrogen-bond donors (Lipinski definition) is 2. The fraction of sp³-hybridized carbons (Fsp3) is 0.455. The van der Waals surface area contributed by atoms with Gasteiger partial charge in [0.15, 0.2) is 0 Å². The van der Waals surface area contributed by atoms with Gasteiger partial charge in [0.2, 0.25) is 0 Å². The highest BCUT2D eigenvalue weighted by molar-refractivity contribution is 6.34. The van der Waals surface area contributed by atoms with Gasteiger partial charge in [-0.1, -0.05) is 24.6 Å². The summed E-state index contributed by atoms with van der Waals surface area (Å²) in [5, 5.41) is 7.63. The van der Waals surface area contributed by atoms with E-state index in [-0.39, 0.29) is 0 Å². The predicted molar refractivity (Wildman–Crippen MR) is 62.2 cm³/mol. The molecule has 2 nitrogen and oxygen atoms in total. The zero-order chi connectivity index (χ0) is 10.1. The summed E-state index contributed by atoms with van der Waals surface area (Å²) in [6.45, 7) is 5.40. The van der Waals surface area contributed by atoms with Crippen molar-refractivity contribution in [2.45, 2.75) is 19.9 Å². The highest BCUT2D eigenvalue weighted by Gasteiger charge is 2.19. The van der Waals surface area contributed by atoms with Crippen LogP contribution in [-0.4, -0.2) is 12.6 Å². The van der Waals surface area contributed by atoms with E-state index in [1.807, 2.05) is 12.1 Å². The third-order valence-electron chi connectivity index (χ3n) is 2.85. The molecule has 76 valence electrons. The standard InChI is InChI=1S/C11H15ClN2/c1-7-6-13-10-5-3-4-9(12)11(10)14-8(7)2/h3-5,7-8,13-14H,6H2,1-2H3. The van der Waals surface area contributed by atoms with Gasteiger partial charge < -0.3 is 10.6 Å². The van der Waals surface area contributed by atoms with E-state index in [2.05, 4.69) is 30.5 Å². The molecular formula is C11H15ClN2. The molecule has 3 heteroatoms. The van der Waals surface area contributed by atoms with Crippen LogP contribution in [0.25, 0.3) is 0 Å². The second kappa shape index (κ2) is 3.70. The highest BCUT2D eigenvalue weighted by Crippen LogP contribution is 2.33. The van der Waals surface area contributed by atoms with Crippen LogP contribution in [0.1, 0.15) is 13.8 Å². The second-order valence-electron chi connectivity index (χ2n) is 3.95. The lowest BCUT2D eigenvalue weighted by molar-refractivity contribution is 0.542. The molecule has 14 heavy (non-hydrogen) atoms. The van der Waals surface area contributed by atoms with Gasteiger partial charge in [-0.2, -0.15) is 0 Å². The normalized spacial score (nSPS) is 25.6. The van der Waals surface area contributed by atoms with Crippen LogP contribution in [-0.2, 0) is 0 Å². The minimum atomic E-state index is 0.448. The molecule has 0 saturated carbocycles. The van der Waals surface area contributed by atoms with Crippen molar-refractivity contribution in [2.75, 3.05) is 17.2 Å². The van der Waals surface area contributed by atoms with E-state index in [1.54, 1.807) is 0 Å². The van der Waals surface area contributed by atoms with Gasteiger partial charge in [-0.15, -0.1) is 0 Å². The first-order valence-corrected chi connectivity index (χ1v) is 5.35. The van der Waals surface area contributed by atoms with Gasteiger partial charge >= 0.3 is 0 Å². The van der Waals surface area contributed by atoms with E-state index in [4.69, 9.17) is 11.6 Å². The van der Waals surface area contributed by atoms with E-state index in [1.165, 1.54) is 0 Å². The van der Waals surface area contributed by atoms with Gasteiger partial charge in [0.25, 0.3) is 0 Å². The molecule has 1 heterocycles. The Bertz CT molecular complexity index is 338. The maximum absolute atomic E-state index is 6.13. The molecule has 1 aliphatic heterocycles. The van der Waals surface area contributed by atoms with Crippen molar-refractivity contribution in [1.82, 2.24) is 0 Å². The van der Waals surface area contributed by atoms with Crippen LogP contribution >= 0.6 is 11.6 Å². The summed E-state index contributed by atoms with van der Waals surface area (Å²) >= 11 is 6.13. The maximum Gasteiger partial charge on any atom is 0.0767 e. The molecule has 1 aliphatic rings. The molecule has 0 aromatic heterocycles. The lowest BCUT2D eigenvalue weighted by Crippen LogP contribution is -2.25. The number of halogens is 1. The Hall–Kier alpha value is -0.890. The van der Waals surface area contributed by atoms with Crippen molar-refractivity contribution in [3.8, 4) is 0 Å². The van der Waals surface area contributed by atoms with Crippen LogP contribution in [0, 0.1) is 5.92 Å². The minimum absolute atomic E-state index is 0.448. The molecule has 0 aliphatic carbocycles. The first-order chi connectivity index (χ1) is 6.68. The monoisotopic (exact) mass is 210 g/mol. The number of benzene rings is 1. The third-order valence-corrected chi connectivity index (χ3v) is 3.17. The number of para-hydroxylation sites is 1. The zero-order valence-corrected chi connectivity index (χ0v) is 9.23. The summed E-state index contributed by atoms with van der Waals surface area (Å²) in [7, 11) is 0. The predicted octanol–water partition coefficient (Wildman–Crippen LogP) is 3.20. The Balaban J connectivity index is 2.38. The van der Waals surface area contributed by atoms with Gasteiger partial charge in [0.05, 0.1) is 16.4 Å². The molecule has 2 unspecified atom stereocenters. The Kier molecular flexibility index (Phi) is 2.55. The number of nitrogens with one attached hydrogen (secondary N) is 2. The molecule has 0 radical (unpaired) electrons. The molecule has 0 fully saturated rings. The number of fused-ring (bicyclic) bond motifs is 1. The molecule has 1 aromatic rings. The van der Waals surface area contributed by atoms with Crippen molar-refractivity contribution < 1.29 is 0 Å².